The van der Waals surface area contributed by atoms with Gasteiger partial charge in [-0.1, -0.05) is 13.3 Å². The first-order valence-corrected chi connectivity index (χ1v) is 4.40. The van der Waals surface area contributed by atoms with Crippen LogP contribution in [0.5, 0.6) is 0 Å². The number of carbonyl (C=O) groups is 2. The van der Waals surface area contributed by atoms with Gasteiger partial charge in [0, 0.05) is 5.92 Å². The van der Waals surface area contributed by atoms with Gasteiger partial charge in [-0.2, -0.15) is 0 Å². The van der Waals surface area contributed by atoms with Crippen LogP contribution in [0, 0.1) is 5.92 Å². The lowest BCUT2D eigenvalue weighted by molar-refractivity contribution is 0.0904. The van der Waals surface area contributed by atoms with Crippen molar-refractivity contribution in [1.82, 2.24) is 0 Å². The molecule has 82 valence electrons. The van der Waals surface area contributed by atoms with Crippen LogP contribution >= 0.6 is 0 Å². The Morgan fingerprint density at radius 1 is 1.14 bits per heavy atom. The van der Waals surface area contributed by atoms with E-state index in [1.165, 1.54) is 0 Å². The van der Waals surface area contributed by atoms with Crippen LogP contribution in [0.25, 0.3) is 0 Å². The molecule has 2 amide bonds. The third-order valence-corrected chi connectivity index (χ3v) is 1.62. The summed E-state index contributed by atoms with van der Waals surface area (Å²) in [6, 6.07) is 0. The van der Waals surface area contributed by atoms with Gasteiger partial charge in [-0.05, 0) is 6.42 Å². The van der Waals surface area contributed by atoms with E-state index in [2.05, 4.69) is 9.47 Å². The van der Waals surface area contributed by atoms with Gasteiger partial charge in [0.15, 0.2) is 0 Å². The predicted octanol–water partition coefficient (Wildman–Crippen LogP) is 0.593. The van der Waals surface area contributed by atoms with Gasteiger partial charge in [0.05, 0.1) is 13.2 Å². The van der Waals surface area contributed by atoms with E-state index in [0.717, 1.165) is 12.8 Å². The number of amides is 2. The molecule has 0 aromatic rings. The van der Waals surface area contributed by atoms with Crippen LogP contribution in [-0.4, -0.2) is 25.4 Å². The van der Waals surface area contributed by atoms with E-state index in [9.17, 15) is 9.59 Å². The maximum atomic E-state index is 10.3. The van der Waals surface area contributed by atoms with Gasteiger partial charge in [0.25, 0.3) is 0 Å². The van der Waals surface area contributed by atoms with Crippen molar-refractivity contribution in [3.8, 4) is 0 Å². The van der Waals surface area contributed by atoms with Crippen LogP contribution in [0.15, 0.2) is 0 Å². The monoisotopic (exact) mass is 204 g/mol. The Balaban J connectivity index is 3.76. The first kappa shape index (κ1) is 12.5. The zero-order valence-corrected chi connectivity index (χ0v) is 8.19. The van der Waals surface area contributed by atoms with E-state index < -0.39 is 12.2 Å². The van der Waals surface area contributed by atoms with Crippen molar-refractivity contribution in [3.05, 3.63) is 0 Å². The Morgan fingerprint density at radius 2 is 1.57 bits per heavy atom. The largest absolute Gasteiger partial charge is 0.449 e. The minimum absolute atomic E-state index is 0.0417. The van der Waals surface area contributed by atoms with Gasteiger partial charge in [0.1, 0.15) is 0 Å². The molecule has 0 saturated heterocycles. The molecular weight excluding hydrogens is 188 g/mol. The van der Waals surface area contributed by atoms with Crippen molar-refractivity contribution in [2.24, 2.45) is 17.4 Å². The summed E-state index contributed by atoms with van der Waals surface area (Å²) in [6.07, 6.45) is 0.0190. The lowest BCUT2D eigenvalue weighted by Crippen LogP contribution is -2.24. The summed E-state index contributed by atoms with van der Waals surface area (Å²) in [7, 11) is 0. The highest BCUT2D eigenvalue weighted by molar-refractivity contribution is 5.65. The second-order valence-corrected chi connectivity index (χ2v) is 2.91. The second kappa shape index (κ2) is 6.99. The SMILES string of the molecule is CCCC(COC(N)=O)COC(N)=O. The van der Waals surface area contributed by atoms with Crippen LogP contribution in [0.3, 0.4) is 0 Å². The third kappa shape index (κ3) is 7.20. The first-order chi connectivity index (χ1) is 6.56. The summed E-state index contributed by atoms with van der Waals surface area (Å²) >= 11 is 0. The van der Waals surface area contributed by atoms with Gasteiger partial charge >= 0.3 is 12.2 Å². The maximum absolute atomic E-state index is 10.3. The zero-order valence-electron chi connectivity index (χ0n) is 8.19. The number of primary amides is 2. The Kier molecular flexibility index (Phi) is 6.26. The van der Waals surface area contributed by atoms with Crippen molar-refractivity contribution >= 4 is 12.2 Å². The van der Waals surface area contributed by atoms with Crippen molar-refractivity contribution in [3.63, 3.8) is 0 Å². The van der Waals surface area contributed by atoms with E-state index in [4.69, 9.17) is 11.5 Å². The highest BCUT2D eigenvalue weighted by Gasteiger charge is 2.11. The van der Waals surface area contributed by atoms with Crippen LogP contribution in [0.4, 0.5) is 9.59 Å². The molecule has 0 aromatic carbocycles. The van der Waals surface area contributed by atoms with Crippen LogP contribution in [0.1, 0.15) is 19.8 Å². The third-order valence-electron chi connectivity index (χ3n) is 1.62. The standard InChI is InChI=1S/C8H16N2O4/c1-2-3-6(4-13-7(9)11)5-14-8(10)12/h6H,2-5H2,1H3,(H2,9,11)(H2,10,12). The zero-order chi connectivity index (χ0) is 11.0. The summed E-state index contributed by atoms with van der Waals surface area (Å²) in [5, 5.41) is 0. The fraction of sp³-hybridized carbons (Fsp3) is 0.750. The topological polar surface area (TPSA) is 105 Å². The molecule has 0 aliphatic heterocycles. The second-order valence-electron chi connectivity index (χ2n) is 2.91. The molecule has 0 bridgehead atoms. The summed E-state index contributed by atoms with van der Waals surface area (Å²) in [5.41, 5.74) is 9.60. The Labute approximate surface area is 82.5 Å². The lowest BCUT2D eigenvalue weighted by atomic mass is 10.1. The summed E-state index contributed by atoms with van der Waals surface area (Å²) in [4.78, 5) is 20.6. The number of hydrogen-bond donors (Lipinski definition) is 2. The van der Waals surface area contributed by atoms with Crippen LogP contribution in [0.2, 0.25) is 0 Å². The summed E-state index contributed by atoms with van der Waals surface area (Å²) in [6.45, 7) is 2.27. The van der Waals surface area contributed by atoms with E-state index >= 15 is 0 Å². The maximum Gasteiger partial charge on any atom is 0.404 e. The molecule has 6 heteroatoms. The highest BCUT2D eigenvalue weighted by atomic mass is 16.6. The average molecular weight is 204 g/mol. The van der Waals surface area contributed by atoms with Gasteiger partial charge in [-0.15, -0.1) is 0 Å². The van der Waals surface area contributed by atoms with Crippen LogP contribution in [-0.2, 0) is 9.47 Å². The molecule has 0 atom stereocenters. The van der Waals surface area contributed by atoms with Crippen molar-refractivity contribution in [2.45, 2.75) is 19.8 Å². The molecule has 0 rings (SSSR count). The van der Waals surface area contributed by atoms with Gasteiger partial charge < -0.3 is 20.9 Å². The molecular formula is C8H16N2O4. The van der Waals surface area contributed by atoms with E-state index in [0.29, 0.717) is 0 Å². The van der Waals surface area contributed by atoms with Crippen molar-refractivity contribution < 1.29 is 19.1 Å². The minimum Gasteiger partial charge on any atom is -0.449 e. The smallest absolute Gasteiger partial charge is 0.404 e. The fourth-order valence-electron chi connectivity index (χ4n) is 1.02. The molecule has 0 unspecified atom stereocenters. The highest BCUT2D eigenvalue weighted by Crippen LogP contribution is 2.07. The first-order valence-electron chi connectivity index (χ1n) is 4.40. The Bertz CT molecular complexity index is 178. The quantitative estimate of drug-likeness (QED) is 0.660. The van der Waals surface area contributed by atoms with Crippen molar-refractivity contribution in [1.29, 1.82) is 0 Å². The average Bonchev–Trinajstić information content (AvgIpc) is 2.09. The van der Waals surface area contributed by atoms with Crippen LogP contribution < -0.4 is 11.5 Å². The molecule has 4 N–H and O–H groups in total. The number of rotatable bonds is 6. The van der Waals surface area contributed by atoms with Gasteiger partial charge in [-0.25, -0.2) is 9.59 Å². The molecule has 0 aliphatic carbocycles. The molecule has 0 radical (unpaired) electrons. The molecule has 14 heavy (non-hydrogen) atoms. The van der Waals surface area contributed by atoms with Gasteiger partial charge in [0.2, 0.25) is 0 Å². The molecule has 0 aliphatic rings. The predicted molar refractivity (Wildman–Crippen MR) is 49.5 cm³/mol. The number of carbonyl (C=O) groups excluding carboxylic acids is 2. The molecule has 0 fully saturated rings. The van der Waals surface area contributed by atoms with E-state index in [-0.39, 0.29) is 19.1 Å². The molecule has 0 saturated carbocycles. The lowest BCUT2D eigenvalue weighted by Gasteiger charge is -2.14. The normalized spacial score (nSPS) is 9.86. The number of hydrogen-bond acceptors (Lipinski definition) is 4. The van der Waals surface area contributed by atoms with Crippen molar-refractivity contribution in [2.75, 3.05) is 13.2 Å². The Hall–Kier alpha value is -1.46. The minimum atomic E-state index is -0.829. The number of ether oxygens (including phenoxy) is 2. The number of nitrogens with two attached hydrogens (primary N) is 2. The Morgan fingerprint density at radius 3 is 1.86 bits per heavy atom. The van der Waals surface area contributed by atoms with E-state index in [1.807, 2.05) is 6.92 Å². The molecule has 0 heterocycles. The van der Waals surface area contributed by atoms with E-state index in [1.54, 1.807) is 0 Å². The summed E-state index contributed by atoms with van der Waals surface area (Å²) in [5.74, 6) is -0.0417. The molecule has 0 aromatic heterocycles. The van der Waals surface area contributed by atoms with Gasteiger partial charge in [-0.3, -0.25) is 0 Å². The fourth-order valence-corrected chi connectivity index (χ4v) is 1.02. The molecule has 0 spiro atoms. The summed E-state index contributed by atoms with van der Waals surface area (Å²) < 4.78 is 9.19. The molecule has 6 nitrogen and oxygen atoms in total.